The van der Waals surface area contributed by atoms with Crippen molar-refractivity contribution in [2.24, 2.45) is 0 Å². The minimum Gasteiger partial charge on any atom is -0.352 e. The number of anilines is 1. The zero-order valence-electron chi connectivity index (χ0n) is 22.2. The van der Waals surface area contributed by atoms with Gasteiger partial charge in [0, 0.05) is 25.6 Å². The number of carbonyl (C=O) groups is 2. The Balaban J connectivity index is 2.15. The van der Waals surface area contributed by atoms with Crippen LogP contribution in [0.1, 0.15) is 57.6 Å². The molecule has 8 heteroatoms. The van der Waals surface area contributed by atoms with Gasteiger partial charge >= 0.3 is 0 Å². The molecule has 0 fully saturated rings. The molecule has 0 radical (unpaired) electrons. The van der Waals surface area contributed by atoms with Crippen LogP contribution < -0.4 is 9.62 Å². The van der Waals surface area contributed by atoms with E-state index in [9.17, 15) is 18.0 Å². The van der Waals surface area contributed by atoms with Crippen LogP contribution in [0, 0.1) is 6.92 Å². The molecule has 198 valence electrons. The summed E-state index contributed by atoms with van der Waals surface area (Å²) < 4.78 is 26.2. The number of amides is 2. The molecule has 2 amide bonds. The highest BCUT2D eigenvalue weighted by Gasteiger charge is 2.29. The molecule has 36 heavy (non-hydrogen) atoms. The first-order chi connectivity index (χ1) is 17.1. The van der Waals surface area contributed by atoms with E-state index in [1.165, 1.54) is 10.6 Å². The number of rotatable bonds is 14. The van der Waals surface area contributed by atoms with Crippen molar-refractivity contribution in [3.05, 3.63) is 65.7 Å². The largest absolute Gasteiger partial charge is 0.352 e. The lowest BCUT2D eigenvalue weighted by Crippen LogP contribution is -2.51. The van der Waals surface area contributed by atoms with E-state index < -0.39 is 16.1 Å². The van der Waals surface area contributed by atoms with Gasteiger partial charge in [-0.15, -0.1) is 0 Å². The average molecular weight is 516 g/mol. The van der Waals surface area contributed by atoms with Gasteiger partial charge in [-0.3, -0.25) is 13.9 Å². The molecule has 0 bridgehead atoms. The zero-order valence-corrected chi connectivity index (χ0v) is 23.1. The van der Waals surface area contributed by atoms with Gasteiger partial charge in [-0.2, -0.15) is 0 Å². The molecule has 0 aliphatic carbocycles. The van der Waals surface area contributed by atoms with Crippen molar-refractivity contribution in [3.8, 4) is 0 Å². The van der Waals surface area contributed by atoms with Gasteiger partial charge in [0.25, 0.3) is 0 Å². The summed E-state index contributed by atoms with van der Waals surface area (Å²) >= 11 is 0. The molecule has 0 heterocycles. The predicted molar refractivity (Wildman–Crippen MR) is 146 cm³/mol. The van der Waals surface area contributed by atoms with Crippen LogP contribution in [-0.4, -0.2) is 56.6 Å². The van der Waals surface area contributed by atoms with E-state index in [2.05, 4.69) is 5.32 Å². The van der Waals surface area contributed by atoms with Crippen LogP contribution in [0.25, 0.3) is 0 Å². The average Bonchev–Trinajstić information content (AvgIpc) is 2.84. The van der Waals surface area contributed by atoms with Crippen LogP contribution >= 0.6 is 0 Å². The van der Waals surface area contributed by atoms with Crippen LogP contribution in [0.2, 0.25) is 0 Å². The Morgan fingerprint density at radius 3 is 2.14 bits per heavy atom. The Bertz CT molecular complexity index is 1070. The third-order valence-electron chi connectivity index (χ3n) is 6.35. The highest BCUT2D eigenvalue weighted by atomic mass is 32.2. The molecule has 7 nitrogen and oxygen atoms in total. The first-order valence-corrected chi connectivity index (χ1v) is 14.6. The van der Waals surface area contributed by atoms with E-state index in [1.54, 1.807) is 17.0 Å². The fourth-order valence-corrected chi connectivity index (χ4v) is 5.02. The smallest absolute Gasteiger partial charge is 0.243 e. The van der Waals surface area contributed by atoms with Gasteiger partial charge in [0.2, 0.25) is 21.8 Å². The molecule has 2 atom stereocenters. The van der Waals surface area contributed by atoms with Crippen molar-refractivity contribution in [2.45, 2.75) is 71.9 Å². The summed E-state index contributed by atoms with van der Waals surface area (Å²) in [5.41, 5.74) is 2.71. The summed E-state index contributed by atoms with van der Waals surface area (Å²) in [6.07, 6.45) is 3.62. The molecular formula is C28H41N3O4S. The fraction of sp³-hybridized carbons (Fsp3) is 0.500. The molecule has 0 aliphatic heterocycles. The van der Waals surface area contributed by atoms with E-state index in [0.29, 0.717) is 31.5 Å². The Morgan fingerprint density at radius 2 is 1.58 bits per heavy atom. The maximum absolute atomic E-state index is 13.4. The number of nitrogens with one attached hydrogen (secondary N) is 1. The second-order valence-electron chi connectivity index (χ2n) is 9.34. The van der Waals surface area contributed by atoms with Crippen LogP contribution in [0.15, 0.2) is 54.6 Å². The molecule has 2 rings (SSSR count). The van der Waals surface area contributed by atoms with Gasteiger partial charge in [0.15, 0.2) is 0 Å². The van der Waals surface area contributed by atoms with Crippen molar-refractivity contribution >= 4 is 27.5 Å². The normalized spacial score (nSPS) is 13.0. The zero-order chi connectivity index (χ0) is 26.7. The standard InChI is InChI=1S/C28H41N3O4S/c1-6-23(4)29-28(33)26(7-2)30(21-19-24-12-9-8-10-13-24)27(32)14-11-20-31(36(5,34)35)25-17-15-22(3)16-18-25/h8-10,12-13,15-18,23,26H,6-7,11,14,19-21H2,1-5H3,(H,29,33)/t23-,26+/m1/s1. The summed E-state index contributed by atoms with van der Waals surface area (Å²) in [5.74, 6) is -0.292. The minimum atomic E-state index is -3.50. The highest BCUT2D eigenvalue weighted by Crippen LogP contribution is 2.20. The third-order valence-corrected chi connectivity index (χ3v) is 7.54. The Kier molecular flexibility index (Phi) is 11.4. The van der Waals surface area contributed by atoms with E-state index in [1.807, 2.05) is 70.2 Å². The van der Waals surface area contributed by atoms with Gasteiger partial charge in [-0.05, 0) is 57.2 Å². The Hall–Kier alpha value is -2.87. The van der Waals surface area contributed by atoms with E-state index in [0.717, 1.165) is 17.5 Å². The van der Waals surface area contributed by atoms with Gasteiger partial charge in [-0.1, -0.05) is 61.9 Å². The van der Waals surface area contributed by atoms with Gasteiger partial charge in [-0.25, -0.2) is 8.42 Å². The first kappa shape index (κ1) is 29.4. The van der Waals surface area contributed by atoms with E-state index in [4.69, 9.17) is 0 Å². The van der Waals surface area contributed by atoms with Gasteiger partial charge < -0.3 is 10.2 Å². The van der Waals surface area contributed by atoms with Gasteiger partial charge in [0.05, 0.1) is 11.9 Å². The lowest BCUT2D eigenvalue weighted by Gasteiger charge is -2.32. The number of carbonyl (C=O) groups excluding carboxylic acids is 2. The van der Waals surface area contributed by atoms with Crippen LogP contribution in [0.5, 0.6) is 0 Å². The van der Waals surface area contributed by atoms with Crippen molar-refractivity contribution < 1.29 is 18.0 Å². The Morgan fingerprint density at radius 1 is 0.944 bits per heavy atom. The summed E-state index contributed by atoms with van der Waals surface area (Å²) in [6.45, 7) is 8.42. The van der Waals surface area contributed by atoms with Crippen LogP contribution in [0.3, 0.4) is 0 Å². The van der Waals surface area contributed by atoms with Crippen molar-refractivity contribution in [2.75, 3.05) is 23.7 Å². The second kappa shape index (κ2) is 14.0. The summed E-state index contributed by atoms with van der Waals surface area (Å²) in [6, 6.07) is 16.6. The summed E-state index contributed by atoms with van der Waals surface area (Å²) in [4.78, 5) is 28.1. The van der Waals surface area contributed by atoms with E-state index in [-0.39, 0.29) is 30.8 Å². The number of aryl methyl sites for hydroxylation is 1. The third kappa shape index (κ3) is 8.97. The van der Waals surface area contributed by atoms with Crippen molar-refractivity contribution in [1.29, 1.82) is 0 Å². The lowest BCUT2D eigenvalue weighted by molar-refractivity contribution is -0.141. The highest BCUT2D eigenvalue weighted by molar-refractivity contribution is 7.92. The maximum atomic E-state index is 13.4. The van der Waals surface area contributed by atoms with Crippen molar-refractivity contribution in [3.63, 3.8) is 0 Å². The molecule has 0 aromatic heterocycles. The summed E-state index contributed by atoms with van der Waals surface area (Å²) in [7, 11) is -3.50. The number of sulfonamides is 1. The van der Waals surface area contributed by atoms with Crippen molar-refractivity contribution in [1.82, 2.24) is 10.2 Å². The quantitative estimate of drug-likeness (QED) is 0.406. The van der Waals surface area contributed by atoms with Gasteiger partial charge in [0.1, 0.15) is 6.04 Å². The molecule has 2 aromatic carbocycles. The van der Waals surface area contributed by atoms with E-state index >= 15 is 0 Å². The minimum absolute atomic E-state index is 0.0236. The molecule has 2 aromatic rings. The molecule has 0 unspecified atom stereocenters. The Labute approximate surface area is 216 Å². The molecule has 0 saturated carbocycles. The number of hydrogen-bond donors (Lipinski definition) is 1. The fourth-order valence-electron chi connectivity index (χ4n) is 4.05. The maximum Gasteiger partial charge on any atom is 0.243 e. The molecule has 1 N–H and O–H groups in total. The monoisotopic (exact) mass is 515 g/mol. The predicted octanol–water partition coefficient (Wildman–Crippen LogP) is 4.31. The number of benzene rings is 2. The molecule has 0 saturated heterocycles. The molecular weight excluding hydrogens is 474 g/mol. The number of nitrogens with zero attached hydrogens (tertiary/aromatic N) is 2. The second-order valence-corrected chi connectivity index (χ2v) is 11.2. The first-order valence-electron chi connectivity index (χ1n) is 12.7. The number of hydrogen-bond acceptors (Lipinski definition) is 4. The molecule has 0 spiro atoms. The summed E-state index contributed by atoms with van der Waals surface area (Å²) in [5, 5.41) is 3.01. The lowest BCUT2D eigenvalue weighted by atomic mass is 10.1. The SMILES string of the molecule is CC[C@@H](C)NC(=O)[C@H](CC)N(CCc1ccccc1)C(=O)CCCN(c1ccc(C)cc1)S(C)(=O)=O. The van der Waals surface area contributed by atoms with Crippen LogP contribution in [0.4, 0.5) is 5.69 Å². The van der Waals surface area contributed by atoms with Crippen LogP contribution in [-0.2, 0) is 26.0 Å². The molecule has 0 aliphatic rings. The topological polar surface area (TPSA) is 86.8 Å².